The molecule has 4 heteroatoms. The van der Waals surface area contributed by atoms with Crippen molar-refractivity contribution in [3.05, 3.63) is 71.4 Å². The largest absolute Gasteiger partial charge is 0.358 e. The Morgan fingerprint density at radius 1 is 0.957 bits per heavy atom. The van der Waals surface area contributed by atoms with Crippen molar-refractivity contribution >= 4 is 17.1 Å². The molecule has 0 heterocycles. The third-order valence-corrected chi connectivity index (χ3v) is 3.13. The predicted octanol–water partition coefficient (Wildman–Crippen LogP) is 4.54. The van der Waals surface area contributed by atoms with Gasteiger partial charge in [-0.3, -0.25) is 4.99 Å². The molecule has 0 atom stereocenters. The van der Waals surface area contributed by atoms with E-state index in [2.05, 4.69) is 22.4 Å². The summed E-state index contributed by atoms with van der Waals surface area (Å²) in [5.41, 5.74) is 4.17. The topological polar surface area (TPSA) is 72.0 Å². The lowest BCUT2D eigenvalue weighted by atomic mass is 10.2. The van der Waals surface area contributed by atoms with Gasteiger partial charge in [0.1, 0.15) is 12.1 Å². The minimum atomic E-state index is 0.542. The molecule has 0 aliphatic rings. The van der Waals surface area contributed by atoms with Gasteiger partial charge in [-0.15, -0.1) is 0 Å². The summed E-state index contributed by atoms with van der Waals surface area (Å²) in [5.74, 6) is 0. The quantitative estimate of drug-likeness (QED) is 0.843. The summed E-state index contributed by atoms with van der Waals surface area (Å²) in [4.78, 5) is 4.47. The van der Waals surface area contributed by atoms with Gasteiger partial charge in [0.25, 0.3) is 0 Å². The fourth-order valence-electron chi connectivity index (χ4n) is 2.14. The molecule has 0 radical (unpaired) electrons. The molecule has 2 rings (SSSR count). The fraction of sp³-hybridized carbons (Fsp3) is 0.105. The summed E-state index contributed by atoms with van der Waals surface area (Å²) in [6, 6.07) is 18.8. The first kappa shape index (κ1) is 16.0. The van der Waals surface area contributed by atoms with Crippen LogP contribution < -0.4 is 5.32 Å². The molecule has 0 saturated carbocycles. The molecule has 0 aromatic heterocycles. The maximum Gasteiger partial charge on any atom is 0.101 e. The smallest absolute Gasteiger partial charge is 0.101 e. The number of benzene rings is 2. The average Bonchev–Trinajstić information content (AvgIpc) is 2.55. The summed E-state index contributed by atoms with van der Waals surface area (Å²) in [6.45, 7) is 3.78. The maximum absolute atomic E-state index is 9.10. The van der Waals surface area contributed by atoms with Crippen LogP contribution in [0.4, 0.5) is 11.4 Å². The van der Waals surface area contributed by atoms with E-state index < -0.39 is 0 Å². The zero-order valence-corrected chi connectivity index (χ0v) is 13.0. The molecule has 4 nitrogen and oxygen atoms in total. The lowest BCUT2D eigenvalue weighted by molar-refractivity contribution is 1.36. The Bertz CT molecular complexity index is 848. The second-order valence-electron chi connectivity index (χ2n) is 4.99. The van der Waals surface area contributed by atoms with Gasteiger partial charge in [-0.1, -0.05) is 24.3 Å². The molecule has 2 aromatic rings. The third-order valence-electron chi connectivity index (χ3n) is 3.13. The van der Waals surface area contributed by atoms with E-state index in [9.17, 15) is 0 Å². The van der Waals surface area contributed by atoms with Gasteiger partial charge in [0.2, 0.25) is 0 Å². The van der Waals surface area contributed by atoms with Crippen LogP contribution in [-0.4, -0.2) is 5.71 Å². The van der Waals surface area contributed by atoms with E-state index in [-0.39, 0.29) is 0 Å². The number of rotatable bonds is 4. The zero-order chi connectivity index (χ0) is 16.7. The van der Waals surface area contributed by atoms with Crippen molar-refractivity contribution in [3.8, 4) is 12.1 Å². The minimum Gasteiger partial charge on any atom is -0.358 e. The standard InChI is InChI=1S/C19H16N4/c1-14(22-18-9-5-3-7-16(18)12-20)11-15(2)23-19-10-6-4-8-17(19)13-21/h3-11,22H,1-2H3/b14-11-,23-15?. The van der Waals surface area contributed by atoms with Gasteiger partial charge < -0.3 is 5.32 Å². The molecule has 0 saturated heterocycles. The Kier molecular flexibility index (Phi) is 5.28. The van der Waals surface area contributed by atoms with Crippen molar-refractivity contribution in [2.24, 2.45) is 4.99 Å². The number of aliphatic imine (C=N–C) groups is 1. The molecule has 0 fully saturated rings. The van der Waals surface area contributed by atoms with Crippen molar-refractivity contribution in [1.82, 2.24) is 0 Å². The predicted molar refractivity (Wildman–Crippen MR) is 92.5 cm³/mol. The Hall–Kier alpha value is -3.37. The van der Waals surface area contributed by atoms with Gasteiger partial charge in [0.05, 0.1) is 22.5 Å². The lowest BCUT2D eigenvalue weighted by Gasteiger charge is -2.08. The normalized spacial score (nSPS) is 11.5. The van der Waals surface area contributed by atoms with Crippen molar-refractivity contribution in [2.45, 2.75) is 13.8 Å². The molecule has 112 valence electrons. The van der Waals surface area contributed by atoms with Crippen molar-refractivity contribution < 1.29 is 0 Å². The summed E-state index contributed by atoms with van der Waals surface area (Å²) >= 11 is 0. The van der Waals surface area contributed by atoms with Gasteiger partial charge in [-0.05, 0) is 44.2 Å². The van der Waals surface area contributed by atoms with Crippen molar-refractivity contribution in [1.29, 1.82) is 10.5 Å². The highest BCUT2D eigenvalue weighted by Gasteiger charge is 2.02. The Balaban J connectivity index is 2.22. The molecular formula is C19H16N4. The van der Waals surface area contributed by atoms with Gasteiger partial charge in [-0.2, -0.15) is 10.5 Å². The molecule has 0 bridgehead atoms. The van der Waals surface area contributed by atoms with Crippen LogP contribution in [0, 0.1) is 22.7 Å². The number of para-hydroxylation sites is 2. The van der Waals surface area contributed by atoms with E-state index in [0.29, 0.717) is 16.8 Å². The SMILES string of the molecule is CC(/C=C(/C)Nc1ccccc1C#N)=Nc1ccccc1C#N. The molecule has 1 N–H and O–H groups in total. The molecular weight excluding hydrogens is 284 g/mol. The third kappa shape index (κ3) is 4.30. The number of nitrogens with zero attached hydrogens (tertiary/aromatic N) is 3. The van der Waals surface area contributed by atoms with Gasteiger partial charge >= 0.3 is 0 Å². The number of hydrogen-bond donors (Lipinski definition) is 1. The highest BCUT2D eigenvalue weighted by Crippen LogP contribution is 2.19. The monoisotopic (exact) mass is 300 g/mol. The second-order valence-corrected chi connectivity index (χ2v) is 4.99. The Morgan fingerprint density at radius 2 is 1.57 bits per heavy atom. The van der Waals surface area contributed by atoms with Crippen LogP contribution in [0.15, 0.2) is 65.3 Å². The van der Waals surface area contributed by atoms with E-state index in [1.54, 1.807) is 12.1 Å². The van der Waals surface area contributed by atoms with Crippen LogP contribution in [0.5, 0.6) is 0 Å². The van der Waals surface area contributed by atoms with Crippen LogP contribution in [-0.2, 0) is 0 Å². The minimum absolute atomic E-state index is 0.542. The molecule has 0 aliphatic carbocycles. The zero-order valence-electron chi connectivity index (χ0n) is 13.0. The summed E-state index contributed by atoms with van der Waals surface area (Å²) in [6.07, 6.45) is 1.88. The van der Waals surface area contributed by atoms with Crippen LogP contribution >= 0.6 is 0 Å². The van der Waals surface area contributed by atoms with Crippen molar-refractivity contribution in [3.63, 3.8) is 0 Å². The number of nitrogens with one attached hydrogen (secondary N) is 1. The number of anilines is 1. The first-order valence-corrected chi connectivity index (χ1v) is 7.13. The molecule has 23 heavy (non-hydrogen) atoms. The van der Waals surface area contributed by atoms with Gasteiger partial charge in [-0.25, -0.2) is 0 Å². The van der Waals surface area contributed by atoms with Gasteiger partial charge in [0.15, 0.2) is 0 Å². The Morgan fingerprint density at radius 3 is 2.26 bits per heavy atom. The molecule has 0 unspecified atom stereocenters. The number of allylic oxidation sites excluding steroid dienone is 2. The van der Waals surface area contributed by atoms with E-state index in [1.807, 2.05) is 56.3 Å². The van der Waals surface area contributed by atoms with Crippen LogP contribution in [0.1, 0.15) is 25.0 Å². The summed E-state index contributed by atoms with van der Waals surface area (Å²) in [5, 5.41) is 21.4. The van der Waals surface area contributed by atoms with Crippen molar-refractivity contribution in [2.75, 3.05) is 5.32 Å². The average molecular weight is 300 g/mol. The second kappa shape index (κ2) is 7.59. The summed E-state index contributed by atoms with van der Waals surface area (Å²) in [7, 11) is 0. The first-order chi connectivity index (χ1) is 11.1. The van der Waals surface area contributed by atoms with Crippen LogP contribution in [0.25, 0.3) is 0 Å². The van der Waals surface area contributed by atoms with E-state index in [1.165, 1.54) is 0 Å². The number of hydrogen-bond acceptors (Lipinski definition) is 4. The number of nitriles is 2. The highest BCUT2D eigenvalue weighted by molar-refractivity contribution is 5.96. The van der Waals surface area contributed by atoms with Crippen LogP contribution in [0.2, 0.25) is 0 Å². The summed E-state index contributed by atoms with van der Waals surface area (Å²) < 4.78 is 0. The molecule has 2 aromatic carbocycles. The maximum atomic E-state index is 9.10. The fourth-order valence-corrected chi connectivity index (χ4v) is 2.14. The van der Waals surface area contributed by atoms with Gasteiger partial charge in [0, 0.05) is 11.4 Å². The molecule has 0 aliphatic heterocycles. The first-order valence-electron chi connectivity index (χ1n) is 7.13. The lowest BCUT2D eigenvalue weighted by Crippen LogP contribution is -2.00. The van der Waals surface area contributed by atoms with E-state index in [0.717, 1.165) is 17.1 Å². The molecule has 0 spiro atoms. The van der Waals surface area contributed by atoms with E-state index >= 15 is 0 Å². The van der Waals surface area contributed by atoms with Crippen LogP contribution in [0.3, 0.4) is 0 Å². The molecule has 0 amide bonds. The van der Waals surface area contributed by atoms with E-state index in [4.69, 9.17) is 10.5 Å². The highest BCUT2D eigenvalue weighted by atomic mass is 14.9. The Labute approximate surface area is 136 Å².